The Labute approximate surface area is 166 Å². The third-order valence-electron chi connectivity index (χ3n) is 9.25. The van der Waals surface area contributed by atoms with Crippen LogP contribution in [0.1, 0.15) is 72.1 Å². The number of halogens is 1. The molecular weight excluding hydrogens is 359 g/mol. The molecule has 0 bridgehead atoms. The summed E-state index contributed by atoms with van der Waals surface area (Å²) in [5.41, 5.74) is -3.46. The number of carbonyl (C=O) groups is 2. The molecular formula is C23H31FO4. The number of fused-ring (bicyclic) bond motifs is 5. The number of esters is 1. The second-order valence-corrected chi connectivity index (χ2v) is 10.2. The van der Waals surface area contributed by atoms with E-state index in [1.165, 1.54) is 6.92 Å². The Bertz CT molecular complexity index is 758. The van der Waals surface area contributed by atoms with Gasteiger partial charge in [0.15, 0.2) is 11.4 Å². The van der Waals surface area contributed by atoms with Crippen LogP contribution >= 0.6 is 0 Å². The number of Topliss-reactive ketones (excluding diaryl/α,β-unsaturated/α-hetero) is 1. The lowest BCUT2D eigenvalue weighted by Gasteiger charge is -2.63. The summed E-state index contributed by atoms with van der Waals surface area (Å²) in [7, 11) is 0. The lowest BCUT2D eigenvalue weighted by Crippen LogP contribution is -2.67. The number of ketones is 1. The fraction of sp³-hybridized carbons (Fsp3) is 0.826. The molecule has 0 aliphatic heterocycles. The molecule has 0 saturated heterocycles. The average molecular weight is 390 g/mol. The first-order valence-corrected chi connectivity index (χ1v) is 10.6. The van der Waals surface area contributed by atoms with Crippen molar-refractivity contribution in [3.8, 4) is 12.3 Å². The number of ether oxygens (including phenoxy) is 1. The first-order valence-electron chi connectivity index (χ1n) is 10.6. The normalized spacial score (nSPS) is 52.8. The molecule has 0 aromatic carbocycles. The molecule has 4 fully saturated rings. The Morgan fingerprint density at radius 1 is 1.18 bits per heavy atom. The molecule has 4 nitrogen and oxygen atoms in total. The zero-order chi connectivity index (χ0) is 20.5. The summed E-state index contributed by atoms with van der Waals surface area (Å²) in [6, 6.07) is 0. The summed E-state index contributed by atoms with van der Waals surface area (Å²) in [6.45, 7) is 5.49. The van der Waals surface area contributed by atoms with Crippen LogP contribution in [0.4, 0.5) is 4.39 Å². The van der Waals surface area contributed by atoms with Gasteiger partial charge >= 0.3 is 5.97 Å². The van der Waals surface area contributed by atoms with Gasteiger partial charge in [0.05, 0.1) is 0 Å². The van der Waals surface area contributed by atoms with Crippen LogP contribution < -0.4 is 0 Å². The third kappa shape index (κ3) is 2.27. The van der Waals surface area contributed by atoms with E-state index in [2.05, 4.69) is 12.8 Å². The highest BCUT2D eigenvalue weighted by molar-refractivity contribution is 5.89. The molecule has 0 heterocycles. The Hall–Kier alpha value is -1.41. The van der Waals surface area contributed by atoms with Crippen molar-refractivity contribution in [1.29, 1.82) is 0 Å². The van der Waals surface area contributed by atoms with E-state index in [9.17, 15) is 19.1 Å². The largest absolute Gasteiger partial charge is 0.445 e. The summed E-state index contributed by atoms with van der Waals surface area (Å²) in [4.78, 5) is 24.9. The zero-order valence-electron chi connectivity index (χ0n) is 17.1. The lowest BCUT2D eigenvalue weighted by atomic mass is 9.42. The number of terminal acetylenes is 1. The minimum absolute atomic E-state index is 0.0742. The van der Waals surface area contributed by atoms with Gasteiger partial charge in [0, 0.05) is 30.6 Å². The molecule has 4 rings (SSSR count). The van der Waals surface area contributed by atoms with Crippen LogP contribution in [0.5, 0.6) is 0 Å². The van der Waals surface area contributed by atoms with Crippen molar-refractivity contribution < 1.29 is 23.8 Å². The topological polar surface area (TPSA) is 63.6 Å². The minimum Gasteiger partial charge on any atom is -0.445 e. The number of carbonyl (C=O) groups excluding carboxylic acids is 2. The van der Waals surface area contributed by atoms with Crippen molar-refractivity contribution >= 4 is 11.8 Å². The molecule has 1 N–H and O–H groups in total. The Kier molecular flexibility index (Phi) is 4.29. The van der Waals surface area contributed by atoms with Gasteiger partial charge in [-0.15, -0.1) is 6.42 Å². The highest BCUT2D eigenvalue weighted by Crippen LogP contribution is 2.69. The van der Waals surface area contributed by atoms with Crippen LogP contribution in [0.3, 0.4) is 0 Å². The van der Waals surface area contributed by atoms with Gasteiger partial charge in [0.2, 0.25) is 0 Å². The molecule has 0 unspecified atom stereocenters. The van der Waals surface area contributed by atoms with Gasteiger partial charge < -0.3 is 9.84 Å². The highest BCUT2D eigenvalue weighted by Gasteiger charge is 2.70. The molecule has 5 heteroatoms. The standard InChI is InChI=1S/C23H31FO4/c1-5-22(28-14(2)25)11-8-17-16-12-19(26)23(27)13-15(24)6-9-21(23,4)18(16)7-10-20(17,22)3/h1,15-18,27H,6-13H2,2-4H3/t15-,16-,17-,18-,20-,21+,22-,23+/m0/s1. The molecule has 0 aromatic heterocycles. The van der Waals surface area contributed by atoms with E-state index >= 15 is 0 Å². The molecule has 8 atom stereocenters. The smallest absolute Gasteiger partial charge is 0.304 e. The predicted molar refractivity (Wildman–Crippen MR) is 102 cm³/mol. The van der Waals surface area contributed by atoms with Gasteiger partial charge in [0.1, 0.15) is 11.8 Å². The van der Waals surface area contributed by atoms with E-state index < -0.39 is 22.8 Å². The number of alkyl halides is 1. The van der Waals surface area contributed by atoms with Crippen LogP contribution in [0.2, 0.25) is 0 Å². The minimum atomic E-state index is -1.56. The number of rotatable bonds is 1. The summed E-state index contributed by atoms with van der Waals surface area (Å²) in [5.74, 6) is 2.64. The fourth-order valence-corrected chi connectivity index (χ4v) is 7.67. The predicted octanol–water partition coefficient (Wildman–Crippen LogP) is 3.60. The summed E-state index contributed by atoms with van der Waals surface area (Å²) < 4.78 is 19.9. The maximum atomic E-state index is 14.1. The van der Waals surface area contributed by atoms with Gasteiger partial charge in [-0.25, -0.2) is 4.39 Å². The molecule has 4 aliphatic carbocycles. The Morgan fingerprint density at radius 3 is 2.43 bits per heavy atom. The van der Waals surface area contributed by atoms with Crippen LogP contribution in [-0.2, 0) is 14.3 Å². The van der Waals surface area contributed by atoms with Gasteiger partial charge in [-0.3, -0.25) is 9.59 Å². The van der Waals surface area contributed by atoms with Crippen molar-refractivity contribution in [1.82, 2.24) is 0 Å². The van der Waals surface area contributed by atoms with E-state index in [0.29, 0.717) is 19.3 Å². The Balaban J connectivity index is 1.72. The van der Waals surface area contributed by atoms with Crippen LogP contribution in [0.15, 0.2) is 0 Å². The summed E-state index contributed by atoms with van der Waals surface area (Å²) >= 11 is 0. The van der Waals surface area contributed by atoms with Crippen LogP contribution in [-0.4, -0.2) is 34.2 Å². The molecule has 0 spiro atoms. The van der Waals surface area contributed by atoms with E-state index in [0.717, 1.165) is 19.3 Å². The molecule has 0 aromatic rings. The van der Waals surface area contributed by atoms with Gasteiger partial charge in [-0.05, 0) is 56.3 Å². The summed E-state index contributed by atoms with van der Waals surface area (Å²) in [6.07, 6.45) is 8.92. The third-order valence-corrected chi connectivity index (χ3v) is 9.25. The van der Waals surface area contributed by atoms with Crippen LogP contribution in [0.25, 0.3) is 0 Å². The monoisotopic (exact) mass is 390 g/mol. The Morgan fingerprint density at radius 2 is 1.79 bits per heavy atom. The molecule has 4 saturated carbocycles. The molecule has 4 aliphatic rings. The maximum absolute atomic E-state index is 14.1. The van der Waals surface area contributed by atoms with E-state index in [1.807, 2.05) is 6.92 Å². The number of hydrogen-bond acceptors (Lipinski definition) is 4. The second-order valence-electron chi connectivity index (χ2n) is 10.2. The van der Waals surface area contributed by atoms with E-state index in [1.54, 1.807) is 0 Å². The van der Waals surface area contributed by atoms with Gasteiger partial charge in [-0.1, -0.05) is 19.8 Å². The molecule has 0 radical (unpaired) electrons. The quantitative estimate of drug-likeness (QED) is 0.549. The highest BCUT2D eigenvalue weighted by atomic mass is 19.1. The van der Waals surface area contributed by atoms with Crippen molar-refractivity contribution in [3.05, 3.63) is 0 Å². The second kappa shape index (κ2) is 6.05. The molecule has 154 valence electrons. The average Bonchev–Trinajstić information content (AvgIpc) is 2.90. The zero-order valence-corrected chi connectivity index (χ0v) is 17.1. The van der Waals surface area contributed by atoms with Crippen molar-refractivity contribution in [3.63, 3.8) is 0 Å². The lowest BCUT2D eigenvalue weighted by molar-refractivity contribution is -0.214. The fourth-order valence-electron chi connectivity index (χ4n) is 7.67. The van der Waals surface area contributed by atoms with Gasteiger partial charge in [0.25, 0.3) is 0 Å². The van der Waals surface area contributed by atoms with Crippen molar-refractivity contribution in [2.45, 2.75) is 89.5 Å². The van der Waals surface area contributed by atoms with Crippen molar-refractivity contribution in [2.24, 2.45) is 28.6 Å². The summed E-state index contributed by atoms with van der Waals surface area (Å²) in [5, 5.41) is 11.3. The van der Waals surface area contributed by atoms with E-state index in [4.69, 9.17) is 11.2 Å². The van der Waals surface area contributed by atoms with Gasteiger partial charge in [-0.2, -0.15) is 0 Å². The SMILES string of the molecule is C#C[C@]1(OC(C)=O)CC[C@H]2[C@@H]3CC(=O)[C@]4(O)C[C@@H](F)CC[C@]4(C)[C@H]3CC[C@@]21C. The first kappa shape index (κ1) is 19.9. The molecule has 28 heavy (non-hydrogen) atoms. The van der Waals surface area contributed by atoms with E-state index in [-0.39, 0.29) is 47.8 Å². The van der Waals surface area contributed by atoms with Crippen molar-refractivity contribution in [2.75, 3.05) is 0 Å². The first-order chi connectivity index (χ1) is 13.0. The van der Waals surface area contributed by atoms with Crippen LogP contribution in [0, 0.1) is 40.9 Å². The maximum Gasteiger partial charge on any atom is 0.304 e. The number of aliphatic hydroxyl groups is 1. The number of hydrogen-bond donors (Lipinski definition) is 1. The molecule has 0 amide bonds.